The molecule has 0 heterocycles. The first-order valence-electron chi connectivity index (χ1n) is 3.29. The minimum absolute atomic E-state index is 0.192. The van der Waals surface area contributed by atoms with Crippen LogP contribution >= 0.6 is 0 Å². The molecule has 1 aromatic carbocycles. The number of benzene rings is 1. The second kappa shape index (κ2) is 3.71. The van der Waals surface area contributed by atoms with Gasteiger partial charge in [-0.25, -0.2) is 4.39 Å². The number of nitrogens with zero attached hydrogens (tertiary/aromatic N) is 1. The largest absolute Gasteiger partial charge is 0.497 e. The van der Waals surface area contributed by atoms with Gasteiger partial charge in [0.1, 0.15) is 11.6 Å². The Morgan fingerprint density at radius 3 is 2.92 bits per heavy atom. The number of rotatable bonds is 2. The van der Waals surface area contributed by atoms with Gasteiger partial charge in [-0.15, -0.1) is 0 Å². The first kappa shape index (κ1) is 8.52. The molecule has 0 fully saturated rings. The van der Waals surface area contributed by atoms with E-state index >= 15 is 0 Å². The Balaban J connectivity index is 3.08. The van der Waals surface area contributed by atoms with Crippen LogP contribution in [0.5, 0.6) is 5.75 Å². The van der Waals surface area contributed by atoms with Crippen molar-refractivity contribution in [2.45, 2.75) is 0 Å². The summed E-state index contributed by atoms with van der Waals surface area (Å²) in [5, 5.41) is 10.9. The van der Waals surface area contributed by atoms with Gasteiger partial charge in [-0.1, -0.05) is 5.16 Å². The van der Waals surface area contributed by atoms with Crippen molar-refractivity contribution >= 4 is 6.21 Å². The van der Waals surface area contributed by atoms with E-state index in [1.807, 2.05) is 0 Å². The van der Waals surface area contributed by atoms with Crippen LogP contribution in [0.2, 0.25) is 0 Å². The van der Waals surface area contributed by atoms with E-state index in [2.05, 4.69) is 5.16 Å². The van der Waals surface area contributed by atoms with Crippen LogP contribution in [0, 0.1) is 5.82 Å². The molecule has 0 spiro atoms. The smallest absolute Gasteiger partial charge is 0.132 e. The van der Waals surface area contributed by atoms with Crippen LogP contribution in [-0.4, -0.2) is 18.5 Å². The SMILES string of the molecule is COc1ccc(F)c(/C=N\O)c1. The molecule has 1 aromatic rings. The van der Waals surface area contributed by atoms with Crippen LogP contribution in [0.4, 0.5) is 4.39 Å². The van der Waals surface area contributed by atoms with Gasteiger partial charge >= 0.3 is 0 Å². The van der Waals surface area contributed by atoms with Gasteiger partial charge in [0.15, 0.2) is 0 Å². The van der Waals surface area contributed by atoms with Crippen LogP contribution in [0.3, 0.4) is 0 Å². The average molecular weight is 169 g/mol. The van der Waals surface area contributed by atoms with E-state index in [0.29, 0.717) is 5.75 Å². The zero-order valence-electron chi connectivity index (χ0n) is 6.49. The van der Waals surface area contributed by atoms with Gasteiger partial charge in [0.25, 0.3) is 0 Å². The molecule has 1 rings (SSSR count). The summed E-state index contributed by atoms with van der Waals surface area (Å²) in [6.45, 7) is 0. The summed E-state index contributed by atoms with van der Waals surface area (Å²) in [5.74, 6) is 0.0694. The molecule has 0 saturated carbocycles. The predicted molar refractivity (Wildman–Crippen MR) is 42.3 cm³/mol. The topological polar surface area (TPSA) is 41.8 Å². The quantitative estimate of drug-likeness (QED) is 0.415. The highest BCUT2D eigenvalue weighted by atomic mass is 19.1. The van der Waals surface area contributed by atoms with Crippen molar-refractivity contribution < 1.29 is 14.3 Å². The molecular weight excluding hydrogens is 161 g/mol. The number of ether oxygens (including phenoxy) is 1. The Labute approximate surface area is 69.1 Å². The van der Waals surface area contributed by atoms with Crippen LogP contribution in [0.25, 0.3) is 0 Å². The first-order chi connectivity index (χ1) is 5.77. The van der Waals surface area contributed by atoms with Crippen molar-refractivity contribution in [1.82, 2.24) is 0 Å². The van der Waals surface area contributed by atoms with E-state index in [-0.39, 0.29) is 5.56 Å². The van der Waals surface area contributed by atoms with E-state index in [9.17, 15) is 4.39 Å². The zero-order chi connectivity index (χ0) is 8.97. The lowest BCUT2D eigenvalue weighted by atomic mass is 10.2. The van der Waals surface area contributed by atoms with Gasteiger partial charge in [-0.05, 0) is 18.2 Å². The lowest BCUT2D eigenvalue weighted by molar-refractivity contribution is 0.321. The van der Waals surface area contributed by atoms with Gasteiger partial charge in [0, 0.05) is 5.56 Å². The highest BCUT2D eigenvalue weighted by molar-refractivity contribution is 5.80. The summed E-state index contributed by atoms with van der Waals surface area (Å²) >= 11 is 0. The number of methoxy groups -OCH3 is 1. The van der Waals surface area contributed by atoms with Gasteiger partial charge in [0.2, 0.25) is 0 Å². The predicted octanol–water partition coefficient (Wildman–Crippen LogP) is 1.64. The third-order valence-electron chi connectivity index (χ3n) is 1.40. The van der Waals surface area contributed by atoms with Crippen molar-refractivity contribution in [2.75, 3.05) is 7.11 Å². The number of oxime groups is 1. The molecule has 0 aliphatic rings. The van der Waals surface area contributed by atoms with Gasteiger partial charge < -0.3 is 9.94 Å². The third kappa shape index (κ3) is 1.72. The molecule has 0 radical (unpaired) electrons. The Morgan fingerprint density at radius 1 is 1.58 bits per heavy atom. The van der Waals surface area contributed by atoms with Crippen molar-refractivity contribution in [2.24, 2.45) is 5.16 Å². The van der Waals surface area contributed by atoms with Gasteiger partial charge in [0.05, 0.1) is 13.3 Å². The van der Waals surface area contributed by atoms with Crippen molar-refractivity contribution in [3.05, 3.63) is 29.6 Å². The van der Waals surface area contributed by atoms with E-state index in [0.717, 1.165) is 6.21 Å². The van der Waals surface area contributed by atoms with Crippen LogP contribution in [0.15, 0.2) is 23.4 Å². The lowest BCUT2D eigenvalue weighted by Crippen LogP contribution is -1.90. The Kier molecular flexibility index (Phi) is 2.63. The maximum atomic E-state index is 12.8. The molecule has 4 heteroatoms. The molecule has 0 atom stereocenters. The van der Waals surface area contributed by atoms with E-state index in [1.165, 1.54) is 25.3 Å². The highest BCUT2D eigenvalue weighted by Crippen LogP contribution is 2.14. The Morgan fingerprint density at radius 2 is 2.33 bits per heavy atom. The summed E-state index contributed by atoms with van der Waals surface area (Å²) in [7, 11) is 1.48. The maximum absolute atomic E-state index is 12.8. The Bertz CT molecular complexity index is 299. The molecule has 0 aliphatic heterocycles. The van der Waals surface area contributed by atoms with E-state index in [1.54, 1.807) is 0 Å². The van der Waals surface area contributed by atoms with Crippen LogP contribution < -0.4 is 4.74 Å². The molecule has 64 valence electrons. The third-order valence-corrected chi connectivity index (χ3v) is 1.40. The normalized spacial score (nSPS) is 10.5. The fraction of sp³-hybridized carbons (Fsp3) is 0.125. The monoisotopic (exact) mass is 169 g/mol. The summed E-state index contributed by atoms with van der Waals surface area (Å²) in [6, 6.07) is 4.18. The van der Waals surface area contributed by atoms with Crippen LogP contribution in [0.1, 0.15) is 5.56 Å². The second-order valence-electron chi connectivity index (χ2n) is 2.13. The fourth-order valence-corrected chi connectivity index (χ4v) is 0.810. The van der Waals surface area contributed by atoms with E-state index < -0.39 is 5.82 Å². The number of hydrogen-bond donors (Lipinski definition) is 1. The molecule has 0 bridgehead atoms. The summed E-state index contributed by atoms with van der Waals surface area (Å²) in [5.41, 5.74) is 0.192. The molecule has 12 heavy (non-hydrogen) atoms. The molecule has 1 N–H and O–H groups in total. The summed E-state index contributed by atoms with van der Waals surface area (Å²) < 4.78 is 17.7. The molecule has 0 saturated heterocycles. The highest BCUT2D eigenvalue weighted by Gasteiger charge is 2.00. The molecule has 0 aliphatic carbocycles. The van der Waals surface area contributed by atoms with Crippen LogP contribution in [-0.2, 0) is 0 Å². The average Bonchev–Trinajstić information content (AvgIpc) is 2.09. The second-order valence-corrected chi connectivity index (χ2v) is 2.13. The lowest BCUT2D eigenvalue weighted by Gasteiger charge is -2.00. The van der Waals surface area contributed by atoms with E-state index in [4.69, 9.17) is 9.94 Å². The zero-order valence-corrected chi connectivity index (χ0v) is 6.49. The Hall–Kier alpha value is -1.58. The summed E-state index contributed by atoms with van der Waals surface area (Å²) in [6.07, 6.45) is 1.01. The van der Waals surface area contributed by atoms with Crippen molar-refractivity contribution in [3.63, 3.8) is 0 Å². The number of halogens is 1. The molecule has 3 nitrogen and oxygen atoms in total. The first-order valence-corrected chi connectivity index (χ1v) is 3.29. The van der Waals surface area contributed by atoms with Gasteiger partial charge in [-0.2, -0.15) is 0 Å². The number of hydrogen-bond acceptors (Lipinski definition) is 3. The molecule has 0 unspecified atom stereocenters. The minimum atomic E-state index is -0.450. The minimum Gasteiger partial charge on any atom is -0.497 e. The summed E-state index contributed by atoms with van der Waals surface area (Å²) in [4.78, 5) is 0. The van der Waals surface area contributed by atoms with Gasteiger partial charge in [-0.3, -0.25) is 0 Å². The fourth-order valence-electron chi connectivity index (χ4n) is 0.810. The molecule has 0 amide bonds. The van der Waals surface area contributed by atoms with Crippen molar-refractivity contribution in [3.8, 4) is 5.75 Å². The molecule has 0 aromatic heterocycles. The van der Waals surface area contributed by atoms with Crippen molar-refractivity contribution in [1.29, 1.82) is 0 Å². The standard InChI is InChI=1S/C8H8FNO2/c1-12-7-2-3-8(9)6(4-7)5-10-11/h2-5,11H,1H3/b10-5-. The molecular formula is C8H8FNO2. The maximum Gasteiger partial charge on any atom is 0.132 e.